The summed E-state index contributed by atoms with van der Waals surface area (Å²) in [5.74, 6) is -0.0101. The highest BCUT2D eigenvalue weighted by atomic mass is 16.7. The van der Waals surface area contributed by atoms with Gasteiger partial charge in [-0.3, -0.25) is 14.4 Å². The highest BCUT2D eigenvalue weighted by Crippen LogP contribution is 2.33. The van der Waals surface area contributed by atoms with Crippen molar-refractivity contribution in [3.63, 3.8) is 0 Å². The minimum atomic E-state index is -0.384. The minimum absolute atomic E-state index is 0.128. The van der Waals surface area contributed by atoms with Crippen molar-refractivity contribution in [3.8, 4) is 11.5 Å². The highest BCUT2D eigenvalue weighted by molar-refractivity contribution is 6.34. The van der Waals surface area contributed by atoms with Gasteiger partial charge in [-0.2, -0.15) is 0 Å². The van der Waals surface area contributed by atoms with Crippen molar-refractivity contribution in [2.75, 3.05) is 17.0 Å². The Hall–Kier alpha value is -4.13. The Morgan fingerprint density at radius 2 is 1.55 bits per heavy atom. The normalized spacial score (nSPS) is 14.1. The quantitative estimate of drug-likeness (QED) is 0.697. The Morgan fingerprint density at radius 1 is 0.828 bits per heavy atom. The van der Waals surface area contributed by atoms with E-state index in [9.17, 15) is 14.4 Å². The molecule has 3 amide bonds. The van der Waals surface area contributed by atoms with Gasteiger partial charge in [-0.05, 0) is 48.5 Å². The molecule has 2 aliphatic heterocycles. The maximum absolute atomic E-state index is 12.7. The third-order valence-corrected chi connectivity index (χ3v) is 4.79. The molecular formula is C22H14N2O5. The lowest BCUT2D eigenvalue weighted by atomic mass is 10.1. The zero-order valence-electron chi connectivity index (χ0n) is 15.0. The molecule has 0 atom stereocenters. The summed E-state index contributed by atoms with van der Waals surface area (Å²) < 4.78 is 10.5. The number of fused-ring (bicyclic) bond motifs is 2. The number of nitrogens with one attached hydrogen (secondary N) is 1. The fraction of sp³-hybridized carbons (Fsp3) is 0.0455. The van der Waals surface area contributed by atoms with Crippen molar-refractivity contribution < 1.29 is 23.9 Å². The Labute approximate surface area is 165 Å². The molecule has 142 valence electrons. The first-order valence-electron chi connectivity index (χ1n) is 8.91. The van der Waals surface area contributed by atoms with Gasteiger partial charge >= 0.3 is 0 Å². The fourth-order valence-corrected chi connectivity index (χ4v) is 3.39. The van der Waals surface area contributed by atoms with Crippen LogP contribution in [0.1, 0.15) is 31.1 Å². The summed E-state index contributed by atoms with van der Waals surface area (Å²) in [5, 5.41) is 2.78. The van der Waals surface area contributed by atoms with E-state index in [2.05, 4.69) is 5.32 Å². The van der Waals surface area contributed by atoms with Gasteiger partial charge in [0.15, 0.2) is 11.5 Å². The van der Waals surface area contributed by atoms with Gasteiger partial charge in [0, 0.05) is 11.3 Å². The smallest absolute Gasteiger partial charge is 0.266 e. The SMILES string of the molecule is O=C(Nc1cccc(N2C(=O)c3ccccc3C2=O)c1)c1ccc2c(c1)OCO2. The summed E-state index contributed by atoms with van der Waals surface area (Å²) in [4.78, 5) is 39.0. The molecule has 3 aromatic carbocycles. The third kappa shape index (κ3) is 2.80. The standard InChI is InChI=1S/C22H14N2O5/c25-20(13-8-9-18-19(10-13)29-12-28-18)23-14-4-3-5-15(11-14)24-21(26)16-6-1-2-7-17(16)22(24)27/h1-11H,12H2,(H,23,25). The molecular weight excluding hydrogens is 372 g/mol. The largest absolute Gasteiger partial charge is 0.454 e. The first-order chi connectivity index (χ1) is 14.1. The van der Waals surface area contributed by atoms with Gasteiger partial charge in [0.05, 0.1) is 16.8 Å². The van der Waals surface area contributed by atoms with E-state index in [1.165, 1.54) is 0 Å². The molecule has 0 saturated carbocycles. The number of nitrogens with zero attached hydrogens (tertiary/aromatic N) is 1. The van der Waals surface area contributed by atoms with E-state index in [4.69, 9.17) is 9.47 Å². The van der Waals surface area contributed by atoms with Gasteiger partial charge in [0.2, 0.25) is 6.79 Å². The van der Waals surface area contributed by atoms with Crippen molar-refractivity contribution in [1.29, 1.82) is 0 Å². The molecule has 0 unspecified atom stereocenters. The number of imide groups is 1. The molecule has 0 radical (unpaired) electrons. The number of hydrogen-bond donors (Lipinski definition) is 1. The zero-order chi connectivity index (χ0) is 20.0. The summed E-state index contributed by atoms with van der Waals surface area (Å²) >= 11 is 0. The second-order valence-corrected chi connectivity index (χ2v) is 6.56. The van der Waals surface area contributed by atoms with Crippen LogP contribution >= 0.6 is 0 Å². The van der Waals surface area contributed by atoms with Crippen molar-refractivity contribution in [2.24, 2.45) is 0 Å². The molecule has 2 aliphatic rings. The van der Waals surface area contributed by atoms with Crippen molar-refractivity contribution in [1.82, 2.24) is 0 Å². The number of benzene rings is 3. The van der Waals surface area contributed by atoms with Gasteiger partial charge < -0.3 is 14.8 Å². The van der Waals surface area contributed by atoms with Crippen LogP contribution in [0, 0.1) is 0 Å². The lowest BCUT2D eigenvalue weighted by Gasteiger charge is -2.15. The second-order valence-electron chi connectivity index (χ2n) is 6.56. The van der Waals surface area contributed by atoms with E-state index in [-0.39, 0.29) is 24.5 Å². The van der Waals surface area contributed by atoms with E-state index in [0.717, 1.165) is 4.90 Å². The van der Waals surface area contributed by atoms with Crippen molar-refractivity contribution >= 4 is 29.1 Å². The van der Waals surface area contributed by atoms with Gasteiger partial charge in [-0.25, -0.2) is 4.90 Å². The molecule has 0 saturated heterocycles. The monoisotopic (exact) mass is 386 g/mol. The maximum Gasteiger partial charge on any atom is 0.266 e. The van der Waals surface area contributed by atoms with Gasteiger partial charge in [-0.15, -0.1) is 0 Å². The predicted molar refractivity (Wildman–Crippen MR) is 105 cm³/mol. The number of anilines is 2. The van der Waals surface area contributed by atoms with Crippen LogP contribution in [0.2, 0.25) is 0 Å². The van der Waals surface area contributed by atoms with Crippen LogP contribution in [0.4, 0.5) is 11.4 Å². The van der Waals surface area contributed by atoms with Gasteiger partial charge in [-0.1, -0.05) is 18.2 Å². The van der Waals surface area contributed by atoms with Gasteiger partial charge in [0.1, 0.15) is 0 Å². The molecule has 7 nitrogen and oxygen atoms in total. The Kier molecular flexibility index (Phi) is 3.80. The molecule has 29 heavy (non-hydrogen) atoms. The highest BCUT2D eigenvalue weighted by Gasteiger charge is 2.36. The average Bonchev–Trinajstić information content (AvgIpc) is 3.31. The van der Waals surface area contributed by atoms with Gasteiger partial charge in [0.25, 0.3) is 17.7 Å². The van der Waals surface area contributed by atoms with E-state index >= 15 is 0 Å². The number of hydrogen-bond acceptors (Lipinski definition) is 5. The number of amides is 3. The summed E-state index contributed by atoms with van der Waals surface area (Å²) in [6.07, 6.45) is 0. The summed E-state index contributed by atoms with van der Waals surface area (Å²) in [5.41, 5.74) is 1.99. The summed E-state index contributed by atoms with van der Waals surface area (Å²) in [7, 11) is 0. The minimum Gasteiger partial charge on any atom is -0.454 e. The van der Waals surface area contributed by atoms with Crippen LogP contribution in [0.15, 0.2) is 66.7 Å². The predicted octanol–water partition coefficient (Wildman–Crippen LogP) is 3.47. The van der Waals surface area contributed by atoms with E-state index in [1.54, 1.807) is 66.7 Å². The Balaban J connectivity index is 1.40. The molecule has 3 aromatic rings. The van der Waals surface area contributed by atoms with E-state index < -0.39 is 0 Å². The number of carbonyl (C=O) groups is 3. The average molecular weight is 386 g/mol. The second kappa shape index (κ2) is 6.49. The van der Waals surface area contributed by atoms with Crippen LogP contribution in [-0.4, -0.2) is 24.5 Å². The molecule has 0 spiro atoms. The van der Waals surface area contributed by atoms with Crippen molar-refractivity contribution in [2.45, 2.75) is 0 Å². The van der Waals surface area contributed by atoms with Crippen LogP contribution in [0.3, 0.4) is 0 Å². The molecule has 7 heteroatoms. The molecule has 1 N–H and O–H groups in total. The topological polar surface area (TPSA) is 84.9 Å². The molecule has 5 rings (SSSR count). The number of rotatable bonds is 3. The Bertz CT molecular complexity index is 1150. The van der Waals surface area contributed by atoms with E-state index in [1.807, 2.05) is 0 Å². The first kappa shape index (κ1) is 17.0. The molecule has 2 heterocycles. The fourth-order valence-electron chi connectivity index (χ4n) is 3.39. The van der Waals surface area contributed by atoms with E-state index in [0.29, 0.717) is 39.6 Å². The molecule has 0 fully saturated rings. The maximum atomic E-state index is 12.7. The van der Waals surface area contributed by atoms with Crippen LogP contribution in [0.25, 0.3) is 0 Å². The number of ether oxygens (including phenoxy) is 2. The van der Waals surface area contributed by atoms with Crippen LogP contribution < -0.4 is 19.7 Å². The lowest BCUT2D eigenvalue weighted by Crippen LogP contribution is -2.29. The molecule has 0 bridgehead atoms. The lowest BCUT2D eigenvalue weighted by molar-refractivity contribution is 0.0925. The molecule has 0 aliphatic carbocycles. The summed E-state index contributed by atoms with van der Waals surface area (Å²) in [6, 6.07) is 18.2. The first-order valence-corrected chi connectivity index (χ1v) is 8.91. The molecule has 0 aromatic heterocycles. The van der Waals surface area contributed by atoms with Crippen LogP contribution in [-0.2, 0) is 0 Å². The zero-order valence-corrected chi connectivity index (χ0v) is 15.0. The van der Waals surface area contributed by atoms with Crippen LogP contribution in [0.5, 0.6) is 11.5 Å². The third-order valence-electron chi connectivity index (χ3n) is 4.79. The number of carbonyl (C=O) groups excluding carboxylic acids is 3. The van der Waals surface area contributed by atoms with Crippen molar-refractivity contribution in [3.05, 3.63) is 83.4 Å². The Morgan fingerprint density at radius 3 is 2.31 bits per heavy atom. The summed E-state index contributed by atoms with van der Waals surface area (Å²) in [6.45, 7) is 0.128.